The molecule has 1 aromatic carbocycles. The topological polar surface area (TPSA) is 72.7 Å². The molecule has 0 atom stereocenters. The number of thioether (sulfide) groups is 1. The molecule has 118 valence electrons. The number of nitrogens with one attached hydrogen (secondary N) is 1. The maximum Gasteiger partial charge on any atom is 0.230 e. The number of unbranched alkanes of at least 4 members (excludes halogenated alkanes) is 2. The highest BCUT2D eigenvalue weighted by Gasteiger charge is 2.11. The lowest BCUT2D eigenvalue weighted by Crippen LogP contribution is -2.26. The number of amides is 1. The molecule has 6 nitrogen and oxygen atoms in total. The number of aromatic nitrogens is 4. The number of hydrogen-bond donors (Lipinski definition) is 1. The van der Waals surface area contributed by atoms with Crippen molar-refractivity contribution in [2.24, 2.45) is 0 Å². The second-order valence-electron chi connectivity index (χ2n) is 5.05. The summed E-state index contributed by atoms with van der Waals surface area (Å²) in [5.41, 5.74) is 2.07. The van der Waals surface area contributed by atoms with E-state index in [2.05, 4.69) is 27.8 Å². The Bertz CT molecular complexity index is 596. The molecule has 0 radical (unpaired) electrons. The number of hydrogen-bond acceptors (Lipinski definition) is 5. The van der Waals surface area contributed by atoms with Crippen molar-refractivity contribution in [3.05, 3.63) is 29.8 Å². The number of benzene rings is 1. The van der Waals surface area contributed by atoms with E-state index in [1.807, 2.05) is 31.2 Å². The first-order valence-corrected chi connectivity index (χ1v) is 8.44. The number of nitrogens with zero attached hydrogens (tertiary/aromatic N) is 4. The molecule has 0 aliphatic heterocycles. The van der Waals surface area contributed by atoms with Crippen LogP contribution < -0.4 is 5.32 Å². The van der Waals surface area contributed by atoms with Gasteiger partial charge in [0.2, 0.25) is 11.1 Å². The van der Waals surface area contributed by atoms with Gasteiger partial charge >= 0.3 is 0 Å². The fourth-order valence-corrected chi connectivity index (χ4v) is 2.62. The predicted octanol–water partition coefficient (Wildman–Crippen LogP) is 2.37. The van der Waals surface area contributed by atoms with Crippen molar-refractivity contribution in [2.45, 2.75) is 38.3 Å². The van der Waals surface area contributed by atoms with Crippen LogP contribution in [0.25, 0.3) is 5.69 Å². The Balaban J connectivity index is 1.88. The molecule has 0 aliphatic carbocycles. The zero-order chi connectivity index (χ0) is 15.8. The summed E-state index contributed by atoms with van der Waals surface area (Å²) in [5, 5.41) is 15.2. The van der Waals surface area contributed by atoms with Gasteiger partial charge in [-0.1, -0.05) is 49.2 Å². The summed E-state index contributed by atoms with van der Waals surface area (Å²) in [4.78, 5) is 11.8. The minimum absolute atomic E-state index is 0.0135. The SMILES string of the molecule is CCCCCNC(=O)CSc1nnnn1-c1ccc(C)cc1. The third-order valence-electron chi connectivity index (χ3n) is 3.15. The van der Waals surface area contributed by atoms with Crippen molar-refractivity contribution in [1.82, 2.24) is 25.5 Å². The van der Waals surface area contributed by atoms with Gasteiger partial charge in [-0.05, 0) is 35.9 Å². The molecule has 2 aromatic rings. The van der Waals surface area contributed by atoms with Crippen molar-refractivity contribution >= 4 is 17.7 Å². The summed E-state index contributed by atoms with van der Waals surface area (Å²) in [7, 11) is 0. The molecule has 0 unspecified atom stereocenters. The minimum Gasteiger partial charge on any atom is -0.355 e. The quantitative estimate of drug-likeness (QED) is 0.597. The van der Waals surface area contributed by atoms with Gasteiger partial charge in [0, 0.05) is 6.54 Å². The number of rotatable bonds is 8. The van der Waals surface area contributed by atoms with Gasteiger partial charge in [-0.2, -0.15) is 4.68 Å². The van der Waals surface area contributed by atoms with Crippen LogP contribution in [0.1, 0.15) is 31.7 Å². The Morgan fingerprint density at radius 2 is 2.05 bits per heavy atom. The van der Waals surface area contributed by atoms with E-state index in [4.69, 9.17) is 0 Å². The molecule has 0 fully saturated rings. The average Bonchev–Trinajstić information content (AvgIpc) is 2.99. The van der Waals surface area contributed by atoms with Crippen molar-refractivity contribution in [3.8, 4) is 5.69 Å². The summed E-state index contributed by atoms with van der Waals surface area (Å²) in [6.07, 6.45) is 3.31. The van der Waals surface area contributed by atoms with Gasteiger partial charge in [-0.3, -0.25) is 4.79 Å². The first-order chi connectivity index (χ1) is 10.7. The maximum atomic E-state index is 11.8. The fraction of sp³-hybridized carbons (Fsp3) is 0.467. The first-order valence-electron chi connectivity index (χ1n) is 7.45. The van der Waals surface area contributed by atoms with Crippen LogP contribution in [0.5, 0.6) is 0 Å². The maximum absolute atomic E-state index is 11.8. The molecule has 0 saturated carbocycles. The second kappa shape index (κ2) is 8.53. The van der Waals surface area contributed by atoms with Gasteiger partial charge in [0.15, 0.2) is 0 Å². The molecule has 1 amide bonds. The molecule has 0 aliphatic rings. The monoisotopic (exact) mass is 319 g/mol. The standard InChI is InChI=1S/C15H21N5OS/c1-3-4-5-10-16-14(21)11-22-15-17-18-19-20(15)13-8-6-12(2)7-9-13/h6-9H,3-5,10-11H2,1-2H3,(H,16,21). The summed E-state index contributed by atoms with van der Waals surface area (Å²) in [5.74, 6) is 0.331. The lowest BCUT2D eigenvalue weighted by atomic mass is 10.2. The molecular formula is C15H21N5OS. The first kappa shape index (κ1) is 16.5. The molecular weight excluding hydrogens is 298 g/mol. The fourth-order valence-electron chi connectivity index (χ4n) is 1.90. The normalized spacial score (nSPS) is 10.6. The number of carbonyl (C=O) groups is 1. The smallest absolute Gasteiger partial charge is 0.230 e. The molecule has 1 heterocycles. The van der Waals surface area contributed by atoms with Gasteiger partial charge in [0.25, 0.3) is 0 Å². The number of aryl methyl sites for hydroxylation is 1. The highest BCUT2D eigenvalue weighted by atomic mass is 32.2. The van der Waals surface area contributed by atoms with E-state index >= 15 is 0 Å². The number of carbonyl (C=O) groups excluding carboxylic acids is 1. The van der Waals surface area contributed by atoms with Crippen LogP contribution in [0, 0.1) is 6.92 Å². The second-order valence-corrected chi connectivity index (χ2v) is 6.00. The molecule has 2 rings (SSSR count). The zero-order valence-electron chi connectivity index (χ0n) is 13.0. The Labute approximate surface area is 134 Å². The molecule has 1 N–H and O–H groups in total. The zero-order valence-corrected chi connectivity index (χ0v) is 13.8. The van der Waals surface area contributed by atoms with Gasteiger partial charge < -0.3 is 5.32 Å². The van der Waals surface area contributed by atoms with Crippen molar-refractivity contribution in [1.29, 1.82) is 0 Å². The van der Waals surface area contributed by atoms with Crippen molar-refractivity contribution in [2.75, 3.05) is 12.3 Å². The average molecular weight is 319 g/mol. The number of tetrazole rings is 1. The van der Waals surface area contributed by atoms with Gasteiger partial charge in [-0.25, -0.2) is 0 Å². The highest BCUT2D eigenvalue weighted by molar-refractivity contribution is 7.99. The van der Waals surface area contributed by atoms with Crippen LogP contribution >= 0.6 is 11.8 Å². The lowest BCUT2D eigenvalue weighted by molar-refractivity contribution is -0.118. The lowest BCUT2D eigenvalue weighted by Gasteiger charge is -2.05. The molecule has 1 aromatic heterocycles. The van der Waals surface area contributed by atoms with Crippen LogP contribution in [0.15, 0.2) is 29.4 Å². The Morgan fingerprint density at radius 3 is 2.77 bits per heavy atom. The van der Waals surface area contributed by atoms with Crippen molar-refractivity contribution < 1.29 is 4.79 Å². The molecule has 0 saturated heterocycles. The van der Waals surface area contributed by atoms with Crippen LogP contribution in [0.2, 0.25) is 0 Å². The van der Waals surface area contributed by atoms with E-state index in [1.54, 1.807) is 4.68 Å². The van der Waals surface area contributed by atoms with E-state index < -0.39 is 0 Å². The summed E-state index contributed by atoms with van der Waals surface area (Å²) in [6.45, 7) is 4.90. The summed E-state index contributed by atoms with van der Waals surface area (Å²) in [6, 6.07) is 7.93. The summed E-state index contributed by atoms with van der Waals surface area (Å²) >= 11 is 1.34. The van der Waals surface area contributed by atoms with Crippen LogP contribution in [-0.4, -0.2) is 38.4 Å². The van der Waals surface area contributed by atoms with E-state index in [1.165, 1.54) is 17.3 Å². The summed E-state index contributed by atoms with van der Waals surface area (Å²) < 4.78 is 1.65. The van der Waals surface area contributed by atoms with Crippen LogP contribution in [0.4, 0.5) is 0 Å². The van der Waals surface area contributed by atoms with E-state index in [0.29, 0.717) is 10.9 Å². The Hall–Kier alpha value is -1.89. The largest absolute Gasteiger partial charge is 0.355 e. The minimum atomic E-state index is 0.0135. The van der Waals surface area contributed by atoms with E-state index in [9.17, 15) is 4.79 Å². The third-order valence-corrected chi connectivity index (χ3v) is 4.07. The Morgan fingerprint density at radius 1 is 1.27 bits per heavy atom. The van der Waals surface area contributed by atoms with Gasteiger partial charge in [0.1, 0.15) is 0 Å². The van der Waals surface area contributed by atoms with E-state index in [0.717, 1.165) is 31.5 Å². The predicted molar refractivity (Wildman–Crippen MR) is 87.1 cm³/mol. The van der Waals surface area contributed by atoms with Crippen molar-refractivity contribution in [3.63, 3.8) is 0 Å². The van der Waals surface area contributed by atoms with Crippen LogP contribution in [0.3, 0.4) is 0 Å². The third kappa shape index (κ3) is 4.84. The van der Waals surface area contributed by atoms with Crippen LogP contribution in [-0.2, 0) is 4.79 Å². The molecule has 22 heavy (non-hydrogen) atoms. The van der Waals surface area contributed by atoms with Gasteiger partial charge in [0.05, 0.1) is 11.4 Å². The highest BCUT2D eigenvalue weighted by Crippen LogP contribution is 2.18. The van der Waals surface area contributed by atoms with E-state index in [-0.39, 0.29) is 5.91 Å². The molecule has 0 bridgehead atoms. The molecule has 7 heteroatoms. The van der Waals surface area contributed by atoms with Gasteiger partial charge in [-0.15, -0.1) is 5.10 Å². The Kier molecular flexibility index (Phi) is 6.39. The molecule has 0 spiro atoms.